The number of nitrogens with zero attached hydrogens (tertiary/aromatic N) is 5. The predicted molar refractivity (Wildman–Crippen MR) is 88.4 cm³/mol. The Bertz CT molecular complexity index is 655. The smallest absolute Gasteiger partial charge is 0.272 e. The van der Waals surface area contributed by atoms with E-state index < -0.39 is 0 Å². The maximum atomic E-state index is 13.0. The second-order valence-corrected chi connectivity index (χ2v) is 6.67. The quantitative estimate of drug-likeness (QED) is 0.829. The molecule has 0 bridgehead atoms. The van der Waals surface area contributed by atoms with Crippen molar-refractivity contribution in [3.8, 4) is 6.07 Å². The maximum absolute atomic E-state index is 13.0. The van der Waals surface area contributed by atoms with Crippen LogP contribution in [0.25, 0.3) is 0 Å². The molecule has 3 rings (SSSR count). The van der Waals surface area contributed by atoms with Gasteiger partial charge in [0.25, 0.3) is 5.91 Å². The van der Waals surface area contributed by atoms with E-state index in [1.165, 1.54) is 0 Å². The van der Waals surface area contributed by atoms with Crippen molar-refractivity contribution in [3.05, 3.63) is 17.0 Å². The number of hydrogen-bond acceptors (Lipinski definition) is 5. The molecule has 0 N–H and O–H groups in total. The van der Waals surface area contributed by atoms with Gasteiger partial charge in [-0.15, -0.1) is 0 Å². The molecule has 1 aromatic rings. The average Bonchev–Trinajstić information content (AvgIpc) is 2.89. The minimum atomic E-state index is -0.0701. The summed E-state index contributed by atoms with van der Waals surface area (Å²) < 4.78 is 7.54. The zero-order chi connectivity index (χ0) is 17.3. The maximum Gasteiger partial charge on any atom is 0.272 e. The first-order chi connectivity index (χ1) is 11.5. The van der Waals surface area contributed by atoms with Crippen LogP contribution < -0.4 is 0 Å². The molecule has 7 nitrogen and oxygen atoms in total. The molecule has 1 amide bonds. The number of ether oxygens (including phenoxy) is 1. The van der Waals surface area contributed by atoms with Gasteiger partial charge in [-0.1, -0.05) is 0 Å². The molecule has 0 spiro atoms. The summed E-state index contributed by atoms with van der Waals surface area (Å²) in [4.78, 5) is 17.2. The van der Waals surface area contributed by atoms with E-state index >= 15 is 0 Å². The van der Waals surface area contributed by atoms with Crippen molar-refractivity contribution >= 4 is 5.91 Å². The van der Waals surface area contributed by atoms with Gasteiger partial charge in [0.2, 0.25) is 0 Å². The van der Waals surface area contributed by atoms with E-state index in [0.717, 1.165) is 37.3 Å². The van der Waals surface area contributed by atoms with Crippen molar-refractivity contribution in [2.75, 3.05) is 32.7 Å². The standard InChI is InChI=1S/C17H25N5O2/c1-12-11-14-15(13(2)24-12)19-20(3)16(14)17(23)22-9-7-21(8-10-22)6-4-5-18/h12-13H,4,6-11H2,1-3H3/t12-,13+/m1/s1. The Hall–Kier alpha value is -1.91. The Morgan fingerprint density at radius 1 is 1.33 bits per heavy atom. The topological polar surface area (TPSA) is 74.4 Å². The summed E-state index contributed by atoms with van der Waals surface area (Å²) in [7, 11) is 1.84. The number of nitriles is 1. The Morgan fingerprint density at radius 2 is 2.04 bits per heavy atom. The summed E-state index contributed by atoms with van der Waals surface area (Å²) in [5.74, 6) is 0.0625. The van der Waals surface area contributed by atoms with Crippen LogP contribution in [0, 0.1) is 11.3 Å². The van der Waals surface area contributed by atoms with Crippen LogP contribution in [-0.4, -0.2) is 64.3 Å². The van der Waals surface area contributed by atoms with Gasteiger partial charge in [0.05, 0.1) is 24.0 Å². The van der Waals surface area contributed by atoms with Gasteiger partial charge in [-0.25, -0.2) is 0 Å². The molecular weight excluding hydrogens is 306 g/mol. The second kappa shape index (κ2) is 6.91. The minimum Gasteiger partial charge on any atom is -0.369 e. The van der Waals surface area contributed by atoms with E-state index in [4.69, 9.17) is 10.00 Å². The fourth-order valence-corrected chi connectivity index (χ4v) is 3.66. The normalized spacial score (nSPS) is 24.5. The van der Waals surface area contributed by atoms with Crippen molar-refractivity contribution in [2.45, 2.75) is 38.9 Å². The van der Waals surface area contributed by atoms with Gasteiger partial charge in [0, 0.05) is 58.2 Å². The van der Waals surface area contributed by atoms with Crippen LogP contribution in [0.4, 0.5) is 0 Å². The summed E-state index contributed by atoms with van der Waals surface area (Å²) in [5.41, 5.74) is 2.64. The molecule has 2 aliphatic rings. The van der Waals surface area contributed by atoms with Gasteiger partial charge in [0.1, 0.15) is 5.69 Å². The lowest BCUT2D eigenvalue weighted by atomic mass is 9.99. The van der Waals surface area contributed by atoms with Crippen molar-refractivity contribution in [1.29, 1.82) is 5.26 Å². The summed E-state index contributed by atoms with van der Waals surface area (Å²) in [6.45, 7) is 7.86. The van der Waals surface area contributed by atoms with E-state index in [2.05, 4.69) is 16.1 Å². The van der Waals surface area contributed by atoms with E-state index in [1.54, 1.807) is 4.68 Å². The van der Waals surface area contributed by atoms with Crippen LogP contribution in [0.15, 0.2) is 0 Å². The third-order valence-electron chi connectivity index (χ3n) is 4.89. The number of carbonyl (C=O) groups excluding carboxylic acids is 1. The predicted octanol–water partition coefficient (Wildman–Crippen LogP) is 1.11. The van der Waals surface area contributed by atoms with E-state index in [0.29, 0.717) is 25.2 Å². The van der Waals surface area contributed by atoms with Crippen molar-refractivity contribution in [3.63, 3.8) is 0 Å². The Morgan fingerprint density at radius 3 is 2.71 bits per heavy atom. The molecule has 0 aliphatic carbocycles. The van der Waals surface area contributed by atoms with Gasteiger partial charge in [-0.05, 0) is 13.8 Å². The SMILES string of the molecule is C[C@@H]1Cc2c(nn(C)c2C(=O)N2CCN(CCC#N)CC2)[C@H](C)O1. The summed E-state index contributed by atoms with van der Waals surface area (Å²) in [6, 6.07) is 2.18. The average molecular weight is 331 g/mol. The first-order valence-electron chi connectivity index (χ1n) is 8.61. The molecule has 1 aromatic heterocycles. The zero-order valence-corrected chi connectivity index (χ0v) is 14.7. The van der Waals surface area contributed by atoms with Crippen molar-refractivity contribution in [1.82, 2.24) is 19.6 Å². The Balaban J connectivity index is 1.74. The molecule has 0 aromatic carbocycles. The molecule has 2 aliphatic heterocycles. The molecule has 24 heavy (non-hydrogen) atoms. The van der Waals surface area contributed by atoms with Crippen LogP contribution in [0.1, 0.15) is 48.1 Å². The molecule has 3 heterocycles. The molecule has 0 unspecified atom stereocenters. The number of piperazine rings is 1. The highest BCUT2D eigenvalue weighted by atomic mass is 16.5. The summed E-state index contributed by atoms with van der Waals surface area (Å²) in [6.07, 6.45) is 1.31. The van der Waals surface area contributed by atoms with E-state index in [-0.39, 0.29) is 18.1 Å². The van der Waals surface area contributed by atoms with E-state index in [9.17, 15) is 4.79 Å². The number of hydrogen-bond donors (Lipinski definition) is 0. The minimum absolute atomic E-state index is 0.0625. The lowest BCUT2D eigenvalue weighted by Crippen LogP contribution is -2.49. The number of rotatable bonds is 3. The highest BCUT2D eigenvalue weighted by Gasteiger charge is 2.33. The van der Waals surface area contributed by atoms with Crippen LogP contribution >= 0.6 is 0 Å². The fourth-order valence-electron chi connectivity index (χ4n) is 3.66. The molecule has 130 valence electrons. The number of carbonyl (C=O) groups is 1. The van der Waals surface area contributed by atoms with Crippen LogP contribution in [0.2, 0.25) is 0 Å². The lowest BCUT2D eigenvalue weighted by Gasteiger charge is -2.34. The molecule has 0 saturated carbocycles. The van der Waals surface area contributed by atoms with Crippen LogP contribution in [0.5, 0.6) is 0 Å². The molecule has 1 saturated heterocycles. The third kappa shape index (κ3) is 3.17. The fraction of sp³-hybridized carbons (Fsp3) is 0.706. The van der Waals surface area contributed by atoms with Gasteiger partial charge < -0.3 is 9.64 Å². The zero-order valence-electron chi connectivity index (χ0n) is 14.7. The first-order valence-corrected chi connectivity index (χ1v) is 8.61. The number of aromatic nitrogens is 2. The Labute approximate surface area is 142 Å². The highest BCUT2D eigenvalue weighted by molar-refractivity contribution is 5.94. The molecule has 7 heteroatoms. The number of aryl methyl sites for hydroxylation is 1. The van der Waals surface area contributed by atoms with Gasteiger partial charge >= 0.3 is 0 Å². The third-order valence-corrected chi connectivity index (χ3v) is 4.89. The lowest BCUT2D eigenvalue weighted by molar-refractivity contribution is -0.00715. The molecule has 1 fully saturated rings. The molecular formula is C17H25N5O2. The molecule has 2 atom stereocenters. The van der Waals surface area contributed by atoms with Gasteiger partial charge in [-0.2, -0.15) is 10.4 Å². The summed E-state index contributed by atoms with van der Waals surface area (Å²) in [5, 5.41) is 13.2. The summed E-state index contributed by atoms with van der Waals surface area (Å²) >= 11 is 0. The van der Waals surface area contributed by atoms with Crippen molar-refractivity contribution < 1.29 is 9.53 Å². The van der Waals surface area contributed by atoms with Crippen molar-refractivity contribution in [2.24, 2.45) is 7.05 Å². The second-order valence-electron chi connectivity index (χ2n) is 6.67. The van der Waals surface area contributed by atoms with Gasteiger partial charge in [0.15, 0.2) is 0 Å². The van der Waals surface area contributed by atoms with Crippen LogP contribution in [0.3, 0.4) is 0 Å². The Kier molecular flexibility index (Phi) is 4.88. The largest absolute Gasteiger partial charge is 0.369 e. The first kappa shape index (κ1) is 16.9. The monoisotopic (exact) mass is 331 g/mol. The number of amides is 1. The highest BCUT2D eigenvalue weighted by Crippen LogP contribution is 2.31. The van der Waals surface area contributed by atoms with Gasteiger partial charge in [-0.3, -0.25) is 14.4 Å². The van der Waals surface area contributed by atoms with E-state index in [1.807, 2.05) is 25.8 Å². The number of fused-ring (bicyclic) bond motifs is 1. The molecule has 0 radical (unpaired) electrons. The van der Waals surface area contributed by atoms with Crippen LogP contribution in [-0.2, 0) is 18.2 Å².